The fourth-order valence-electron chi connectivity index (χ4n) is 4.00. The van der Waals surface area contributed by atoms with E-state index in [-0.39, 0.29) is 18.3 Å². The van der Waals surface area contributed by atoms with Gasteiger partial charge in [0, 0.05) is 23.1 Å². The van der Waals surface area contributed by atoms with Gasteiger partial charge in [-0.25, -0.2) is 9.37 Å². The third kappa shape index (κ3) is 4.53. The van der Waals surface area contributed by atoms with Crippen molar-refractivity contribution in [3.63, 3.8) is 0 Å². The van der Waals surface area contributed by atoms with Crippen molar-refractivity contribution in [3.05, 3.63) is 88.2 Å². The highest BCUT2D eigenvalue weighted by molar-refractivity contribution is 7.18. The number of fused-ring (bicyclic) bond motifs is 2. The van der Waals surface area contributed by atoms with Gasteiger partial charge in [0.2, 0.25) is 5.91 Å². The summed E-state index contributed by atoms with van der Waals surface area (Å²) >= 11 is 1.45. The summed E-state index contributed by atoms with van der Waals surface area (Å²) in [6, 6.07) is 17.0. The van der Waals surface area contributed by atoms with E-state index in [1.165, 1.54) is 23.5 Å². The number of ether oxygens (including phenoxy) is 2. The van der Waals surface area contributed by atoms with E-state index in [0.29, 0.717) is 41.2 Å². The molecule has 168 valence electrons. The van der Waals surface area contributed by atoms with Gasteiger partial charge in [0.05, 0.1) is 22.9 Å². The highest BCUT2D eigenvalue weighted by Gasteiger charge is 2.30. The van der Waals surface area contributed by atoms with E-state index in [4.69, 9.17) is 15.2 Å². The van der Waals surface area contributed by atoms with Crippen LogP contribution in [-0.4, -0.2) is 22.6 Å². The predicted molar refractivity (Wildman–Crippen MR) is 123 cm³/mol. The Hall–Kier alpha value is -3.49. The van der Waals surface area contributed by atoms with Crippen molar-refractivity contribution in [2.75, 3.05) is 6.61 Å². The minimum Gasteiger partial charge on any atom is -0.493 e. The quantitative estimate of drug-likeness (QED) is 0.441. The van der Waals surface area contributed by atoms with Crippen LogP contribution in [-0.2, 0) is 13.0 Å². The zero-order chi connectivity index (χ0) is 22.9. The van der Waals surface area contributed by atoms with Gasteiger partial charge in [-0.05, 0) is 54.4 Å². The summed E-state index contributed by atoms with van der Waals surface area (Å²) in [5.74, 6) is 0.211. The van der Waals surface area contributed by atoms with Crippen LogP contribution < -0.4 is 15.2 Å². The molecule has 1 aromatic heterocycles. The van der Waals surface area contributed by atoms with Crippen LogP contribution in [0.2, 0.25) is 0 Å². The summed E-state index contributed by atoms with van der Waals surface area (Å²) in [6.07, 6.45) is -0.213. The molecular weight excluding hydrogens is 443 g/mol. The minimum absolute atomic E-state index is 0.185. The Morgan fingerprint density at radius 1 is 1.21 bits per heavy atom. The smallest absolute Gasteiger partial charge is 0.248 e. The monoisotopic (exact) mass is 464 g/mol. The average Bonchev–Trinajstić information content (AvgIpc) is 3.22. The standard InChI is InChI=1S/C25H21FN2O4S/c26-17-4-7-22-20(10-17)28-23(33-22)13-31-18-5-6-21-19(11-18)24(29)16(12-32-21)9-14-2-1-3-15(8-14)25(27)30/h1-8,10-11,16,24,29H,9,12-13H2,(H2,27,30)/t16-,24-/m0/s1. The number of primary amides is 1. The largest absolute Gasteiger partial charge is 0.493 e. The molecule has 8 heteroatoms. The number of carbonyl (C=O) groups is 1. The number of nitrogens with two attached hydrogens (primary N) is 1. The molecular formula is C25H21FN2O4S. The molecule has 4 aromatic rings. The number of aliphatic hydroxyl groups is 1. The SMILES string of the molecule is NC(=O)c1cccc(C[C@H]2COc3ccc(OCc4nc5cc(F)ccc5s4)cc3[C@H]2O)c1. The summed E-state index contributed by atoms with van der Waals surface area (Å²) in [6.45, 7) is 0.595. The van der Waals surface area contributed by atoms with Crippen LogP contribution in [0.25, 0.3) is 10.2 Å². The van der Waals surface area contributed by atoms with Gasteiger partial charge in [0.1, 0.15) is 28.9 Å². The van der Waals surface area contributed by atoms with E-state index in [1.54, 1.807) is 42.5 Å². The molecule has 3 N–H and O–H groups in total. The summed E-state index contributed by atoms with van der Waals surface area (Å²) in [5.41, 5.74) is 7.98. The zero-order valence-electron chi connectivity index (χ0n) is 17.5. The maximum absolute atomic E-state index is 13.4. The van der Waals surface area contributed by atoms with Crippen molar-refractivity contribution in [1.29, 1.82) is 0 Å². The maximum Gasteiger partial charge on any atom is 0.248 e. The maximum atomic E-state index is 13.4. The molecule has 33 heavy (non-hydrogen) atoms. The van der Waals surface area contributed by atoms with Crippen molar-refractivity contribution in [2.45, 2.75) is 19.1 Å². The molecule has 3 aromatic carbocycles. The number of rotatable bonds is 6. The predicted octanol–water partition coefficient (Wildman–Crippen LogP) is 4.40. The molecule has 0 aliphatic carbocycles. The fourth-order valence-corrected chi connectivity index (χ4v) is 4.86. The van der Waals surface area contributed by atoms with E-state index < -0.39 is 12.0 Å². The number of aromatic nitrogens is 1. The van der Waals surface area contributed by atoms with Crippen LogP contribution in [0.5, 0.6) is 11.5 Å². The van der Waals surface area contributed by atoms with E-state index in [2.05, 4.69) is 4.98 Å². The fraction of sp³-hybridized carbons (Fsp3) is 0.200. The van der Waals surface area contributed by atoms with Crippen LogP contribution in [0, 0.1) is 11.7 Å². The molecule has 2 heterocycles. The number of benzene rings is 3. The molecule has 2 atom stereocenters. The summed E-state index contributed by atoms with van der Waals surface area (Å²) in [5, 5.41) is 11.8. The van der Waals surface area contributed by atoms with Gasteiger partial charge >= 0.3 is 0 Å². The van der Waals surface area contributed by atoms with Crippen LogP contribution in [0.15, 0.2) is 60.7 Å². The number of halogens is 1. The lowest BCUT2D eigenvalue weighted by Gasteiger charge is -2.30. The second-order valence-corrected chi connectivity index (χ2v) is 9.11. The van der Waals surface area contributed by atoms with Crippen molar-refractivity contribution in [2.24, 2.45) is 11.7 Å². The molecule has 0 saturated carbocycles. The third-order valence-electron chi connectivity index (χ3n) is 5.66. The minimum atomic E-state index is -0.750. The van der Waals surface area contributed by atoms with Gasteiger partial charge < -0.3 is 20.3 Å². The molecule has 1 aliphatic heterocycles. The molecule has 0 spiro atoms. The van der Waals surface area contributed by atoms with Gasteiger partial charge in [0.15, 0.2) is 0 Å². The molecule has 0 radical (unpaired) electrons. The normalized spacial score (nSPS) is 17.4. The van der Waals surface area contributed by atoms with E-state index in [9.17, 15) is 14.3 Å². The Morgan fingerprint density at radius 3 is 2.94 bits per heavy atom. The molecule has 0 fully saturated rings. The number of carbonyl (C=O) groups excluding carboxylic acids is 1. The van der Waals surface area contributed by atoms with Crippen LogP contribution in [0.3, 0.4) is 0 Å². The van der Waals surface area contributed by atoms with E-state index in [0.717, 1.165) is 15.3 Å². The zero-order valence-corrected chi connectivity index (χ0v) is 18.3. The third-order valence-corrected chi connectivity index (χ3v) is 6.67. The second kappa shape index (κ2) is 8.80. The molecule has 0 unspecified atom stereocenters. The van der Waals surface area contributed by atoms with Crippen molar-refractivity contribution in [3.8, 4) is 11.5 Å². The van der Waals surface area contributed by atoms with Gasteiger partial charge in [-0.3, -0.25) is 4.79 Å². The lowest BCUT2D eigenvalue weighted by Crippen LogP contribution is -2.27. The Kier molecular flexibility index (Phi) is 5.70. The number of nitrogens with zero attached hydrogens (tertiary/aromatic N) is 1. The number of amides is 1. The van der Waals surface area contributed by atoms with E-state index >= 15 is 0 Å². The van der Waals surface area contributed by atoms with Gasteiger partial charge in [-0.2, -0.15) is 0 Å². The molecule has 6 nitrogen and oxygen atoms in total. The first-order valence-corrected chi connectivity index (χ1v) is 11.3. The number of thiazole rings is 1. The summed E-state index contributed by atoms with van der Waals surface area (Å²) < 4.78 is 26.1. The number of hydrogen-bond donors (Lipinski definition) is 2. The Labute approximate surface area is 193 Å². The van der Waals surface area contributed by atoms with Crippen molar-refractivity contribution >= 4 is 27.5 Å². The Morgan fingerprint density at radius 2 is 2.09 bits per heavy atom. The first-order chi connectivity index (χ1) is 16.0. The van der Waals surface area contributed by atoms with Crippen molar-refractivity contribution < 1.29 is 23.8 Å². The average molecular weight is 465 g/mol. The molecule has 0 bridgehead atoms. The first-order valence-electron chi connectivity index (χ1n) is 10.5. The highest BCUT2D eigenvalue weighted by atomic mass is 32.1. The van der Waals surface area contributed by atoms with Gasteiger partial charge in [-0.1, -0.05) is 12.1 Å². The molecule has 0 saturated heterocycles. The first kappa shape index (κ1) is 21.4. The van der Waals surface area contributed by atoms with Crippen LogP contribution in [0.4, 0.5) is 4.39 Å². The lowest BCUT2D eigenvalue weighted by molar-refractivity contribution is 0.0504. The molecule has 1 amide bonds. The Balaban J connectivity index is 1.30. The summed E-state index contributed by atoms with van der Waals surface area (Å²) in [7, 11) is 0. The second-order valence-electron chi connectivity index (χ2n) is 7.99. The van der Waals surface area contributed by atoms with Crippen LogP contribution in [0.1, 0.15) is 32.6 Å². The van der Waals surface area contributed by atoms with Crippen LogP contribution >= 0.6 is 11.3 Å². The Bertz CT molecular complexity index is 1340. The lowest BCUT2D eigenvalue weighted by atomic mass is 9.87. The topological polar surface area (TPSA) is 94.7 Å². The van der Waals surface area contributed by atoms with Crippen molar-refractivity contribution in [1.82, 2.24) is 4.98 Å². The van der Waals surface area contributed by atoms with Gasteiger partial charge in [-0.15, -0.1) is 11.3 Å². The highest BCUT2D eigenvalue weighted by Crippen LogP contribution is 2.39. The van der Waals surface area contributed by atoms with Gasteiger partial charge in [0.25, 0.3) is 0 Å². The number of aliphatic hydroxyl groups excluding tert-OH is 1. The number of hydrogen-bond acceptors (Lipinski definition) is 6. The summed E-state index contributed by atoms with van der Waals surface area (Å²) in [4.78, 5) is 15.9. The molecule has 5 rings (SSSR count). The molecule has 1 aliphatic rings. The van der Waals surface area contributed by atoms with E-state index in [1.807, 2.05) is 6.07 Å².